The molecule has 146 valence electrons. The number of aromatic hydroxyl groups is 1. The third-order valence-electron chi connectivity index (χ3n) is 5.46. The Morgan fingerprint density at radius 3 is 2.41 bits per heavy atom. The van der Waals surface area contributed by atoms with Crippen LogP contribution in [0.5, 0.6) is 5.75 Å². The van der Waals surface area contributed by atoms with Crippen LogP contribution in [0.25, 0.3) is 10.8 Å². The fraction of sp³-hybridized carbons (Fsp3) is 0.250. The van der Waals surface area contributed by atoms with E-state index < -0.39 is 0 Å². The van der Waals surface area contributed by atoms with Crippen molar-refractivity contribution in [1.82, 2.24) is 9.80 Å². The molecule has 1 N–H and O–H groups in total. The van der Waals surface area contributed by atoms with Gasteiger partial charge in [-0.05, 0) is 47.0 Å². The molecule has 29 heavy (non-hydrogen) atoms. The Kier molecular flexibility index (Phi) is 5.46. The van der Waals surface area contributed by atoms with Gasteiger partial charge in [0.25, 0.3) is 5.91 Å². The van der Waals surface area contributed by atoms with E-state index in [1.165, 1.54) is 0 Å². The number of rotatable bonds is 3. The Hall–Kier alpha value is -3.36. The molecule has 1 heterocycles. The number of phenolic OH excluding ortho intramolecular Hbond substituents is 1. The largest absolute Gasteiger partial charge is 0.507 e. The molecule has 0 aliphatic carbocycles. The Labute approximate surface area is 170 Å². The minimum atomic E-state index is -0.117. The minimum Gasteiger partial charge on any atom is -0.507 e. The number of benzene rings is 3. The normalized spacial score (nSPS) is 15.1. The molecule has 3 aromatic rings. The van der Waals surface area contributed by atoms with E-state index in [1.54, 1.807) is 12.1 Å². The number of carbonyl (C=O) groups excluding carboxylic acids is 1. The van der Waals surface area contributed by atoms with Gasteiger partial charge < -0.3 is 10.0 Å². The van der Waals surface area contributed by atoms with Crippen LogP contribution in [0.15, 0.2) is 60.7 Å². The molecule has 0 atom stereocenters. The topological polar surface area (TPSA) is 67.6 Å². The molecule has 0 bridgehead atoms. The van der Waals surface area contributed by atoms with Gasteiger partial charge in [-0.2, -0.15) is 5.26 Å². The van der Waals surface area contributed by atoms with Crippen LogP contribution < -0.4 is 0 Å². The second-order valence-corrected chi connectivity index (χ2v) is 7.45. The summed E-state index contributed by atoms with van der Waals surface area (Å²) in [5.74, 6) is -0.0825. The Balaban J connectivity index is 1.44. The summed E-state index contributed by atoms with van der Waals surface area (Å²) in [6.45, 7) is 3.79. The molecule has 0 radical (unpaired) electrons. The quantitative estimate of drug-likeness (QED) is 0.745. The second-order valence-electron chi connectivity index (χ2n) is 7.45. The Bertz CT molecular complexity index is 1070. The Morgan fingerprint density at radius 1 is 0.966 bits per heavy atom. The average molecular weight is 385 g/mol. The fourth-order valence-corrected chi connectivity index (χ4v) is 3.84. The predicted molar refractivity (Wildman–Crippen MR) is 113 cm³/mol. The second kappa shape index (κ2) is 8.34. The van der Waals surface area contributed by atoms with Crippen molar-refractivity contribution >= 4 is 16.7 Å². The molecule has 0 saturated carbocycles. The predicted octanol–water partition coefficient (Wildman–Crippen LogP) is 3.77. The van der Waals surface area contributed by atoms with Gasteiger partial charge in [0.1, 0.15) is 5.75 Å². The van der Waals surface area contributed by atoms with E-state index >= 15 is 0 Å². The first-order valence-corrected chi connectivity index (χ1v) is 9.86. The van der Waals surface area contributed by atoms with Crippen LogP contribution >= 0.6 is 0 Å². The number of hydrogen-bond donors (Lipinski definition) is 1. The van der Waals surface area contributed by atoms with Gasteiger partial charge in [0, 0.05) is 32.7 Å². The van der Waals surface area contributed by atoms with Gasteiger partial charge in [0.2, 0.25) is 0 Å². The van der Waals surface area contributed by atoms with Gasteiger partial charge in [-0.25, -0.2) is 0 Å². The zero-order chi connectivity index (χ0) is 20.2. The summed E-state index contributed by atoms with van der Waals surface area (Å²) in [6.07, 6.45) is 0.885. The van der Waals surface area contributed by atoms with Crippen molar-refractivity contribution in [3.8, 4) is 11.8 Å². The van der Waals surface area contributed by atoms with E-state index in [1.807, 2.05) is 53.4 Å². The number of nitriles is 1. The lowest BCUT2D eigenvalue weighted by Gasteiger charge is -2.22. The lowest BCUT2D eigenvalue weighted by atomic mass is 10.0. The highest BCUT2D eigenvalue weighted by Gasteiger charge is 2.23. The molecule has 3 aromatic carbocycles. The van der Waals surface area contributed by atoms with Crippen molar-refractivity contribution in [3.63, 3.8) is 0 Å². The van der Waals surface area contributed by atoms with Crippen LogP contribution in [0.4, 0.5) is 0 Å². The first-order valence-electron chi connectivity index (χ1n) is 9.86. The summed E-state index contributed by atoms with van der Waals surface area (Å²) in [6, 6.07) is 21.0. The number of nitrogens with zero attached hydrogens (tertiary/aromatic N) is 3. The number of phenols is 1. The molecule has 5 nitrogen and oxygen atoms in total. The highest BCUT2D eigenvalue weighted by Crippen LogP contribution is 2.26. The molecule has 0 spiro atoms. The standard InChI is InChI=1S/C24H23N3O2/c25-16-18-6-8-19(9-7-18)17-26-10-3-11-27(13-12-26)24(29)22-14-20-4-1-2-5-21(20)15-23(22)28/h1-2,4-9,14-15,28H,3,10-13,17H2. The van der Waals surface area contributed by atoms with Crippen LogP contribution in [0, 0.1) is 11.3 Å². The summed E-state index contributed by atoms with van der Waals surface area (Å²) in [4.78, 5) is 17.2. The molecule has 0 aromatic heterocycles. The van der Waals surface area contributed by atoms with E-state index in [0.717, 1.165) is 42.4 Å². The maximum absolute atomic E-state index is 13.1. The third-order valence-corrected chi connectivity index (χ3v) is 5.46. The van der Waals surface area contributed by atoms with Gasteiger partial charge >= 0.3 is 0 Å². The maximum atomic E-state index is 13.1. The van der Waals surface area contributed by atoms with Crippen LogP contribution in [0.3, 0.4) is 0 Å². The van der Waals surface area contributed by atoms with Crippen molar-refractivity contribution in [1.29, 1.82) is 5.26 Å². The summed E-state index contributed by atoms with van der Waals surface area (Å²) in [5, 5.41) is 21.2. The zero-order valence-corrected chi connectivity index (χ0v) is 16.2. The zero-order valence-electron chi connectivity index (χ0n) is 16.2. The molecule has 5 heteroatoms. The molecule has 1 saturated heterocycles. The van der Waals surface area contributed by atoms with Crippen LogP contribution in [-0.2, 0) is 6.54 Å². The van der Waals surface area contributed by atoms with E-state index in [0.29, 0.717) is 24.2 Å². The molecule has 4 rings (SSSR count). The number of carbonyl (C=O) groups is 1. The smallest absolute Gasteiger partial charge is 0.257 e. The molecular formula is C24H23N3O2. The highest BCUT2D eigenvalue weighted by atomic mass is 16.3. The van der Waals surface area contributed by atoms with Crippen molar-refractivity contribution in [3.05, 3.63) is 77.4 Å². The van der Waals surface area contributed by atoms with E-state index in [9.17, 15) is 9.90 Å². The SMILES string of the molecule is N#Cc1ccc(CN2CCCN(C(=O)c3cc4ccccc4cc3O)CC2)cc1. The number of hydrogen-bond acceptors (Lipinski definition) is 4. The first-order chi connectivity index (χ1) is 14.1. The van der Waals surface area contributed by atoms with E-state index in [2.05, 4.69) is 11.0 Å². The summed E-state index contributed by atoms with van der Waals surface area (Å²) in [5.41, 5.74) is 2.19. The van der Waals surface area contributed by atoms with E-state index in [4.69, 9.17) is 5.26 Å². The van der Waals surface area contributed by atoms with Crippen molar-refractivity contribution < 1.29 is 9.90 Å². The molecule has 1 amide bonds. The molecule has 1 fully saturated rings. The lowest BCUT2D eigenvalue weighted by Crippen LogP contribution is -2.35. The summed E-state index contributed by atoms with van der Waals surface area (Å²) in [7, 11) is 0. The van der Waals surface area contributed by atoms with Gasteiger partial charge in [-0.3, -0.25) is 9.69 Å². The molecular weight excluding hydrogens is 362 g/mol. The summed E-state index contributed by atoms with van der Waals surface area (Å²) >= 11 is 0. The number of fused-ring (bicyclic) bond motifs is 1. The molecule has 0 unspecified atom stereocenters. The van der Waals surface area contributed by atoms with Gasteiger partial charge in [-0.15, -0.1) is 0 Å². The third kappa shape index (κ3) is 4.23. The molecule has 1 aliphatic heterocycles. The Morgan fingerprint density at radius 2 is 1.69 bits per heavy atom. The van der Waals surface area contributed by atoms with Gasteiger partial charge in [0.15, 0.2) is 0 Å². The molecule has 1 aliphatic rings. The van der Waals surface area contributed by atoms with Crippen molar-refractivity contribution in [2.24, 2.45) is 0 Å². The monoisotopic (exact) mass is 385 g/mol. The van der Waals surface area contributed by atoms with Gasteiger partial charge in [-0.1, -0.05) is 36.4 Å². The van der Waals surface area contributed by atoms with Crippen LogP contribution in [0.2, 0.25) is 0 Å². The first kappa shape index (κ1) is 19.0. The van der Waals surface area contributed by atoms with Crippen molar-refractivity contribution in [2.45, 2.75) is 13.0 Å². The van der Waals surface area contributed by atoms with Crippen LogP contribution in [0.1, 0.15) is 27.9 Å². The fourth-order valence-electron chi connectivity index (χ4n) is 3.84. The minimum absolute atomic E-state index is 0.0346. The van der Waals surface area contributed by atoms with Gasteiger partial charge in [0.05, 0.1) is 17.2 Å². The van der Waals surface area contributed by atoms with Crippen LogP contribution in [-0.4, -0.2) is 47.0 Å². The highest BCUT2D eigenvalue weighted by molar-refractivity contribution is 6.01. The van der Waals surface area contributed by atoms with E-state index in [-0.39, 0.29) is 11.7 Å². The number of amides is 1. The maximum Gasteiger partial charge on any atom is 0.257 e. The lowest BCUT2D eigenvalue weighted by molar-refractivity contribution is 0.0758. The van der Waals surface area contributed by atoms with Crippen molar-refractivity contribution in [2.75, 3.05) is 26.2 Å². The average Bonchev–Trinajstić information content (AvgIpc) is 2.99. The summed E-state index contributed by atoms with van der Waals surface area (Å²) < 4.78 is 0.